The van der Waals surface area contributed by atoms with Gasteiger partial charge in [-0.3, -0.25) is 14.6 Å². The van der Waals surface area contributed by atoms with Crippen molar-refractivity contribution in [1.82, 2.24) is 24.5 Å². The fraction of sp³-hybridized carbons (Fsp3) is 0.222. The summed E-state index contributed by atoms with van der Waals surface area (Å²) in [6, 6.07) is 6.06. The predicted molar refractivity (Wildman–Crippen MR) is 107 cm³/mol. The Balaban J connectivity index is 2.08. The summed E-state index contributed by atoms with van der Waals surface area (Å²) in [7, 11) is 0. The zero-order valence-electron chi connectivity index (χ0n) is 15.3. The Labute approximate surface area is 173 Å². The first-order valence-electron chi connectivity index (χ1n) is 8.41. The van der Waals surface area contributed by atoms with Crippen LogP contribution < -0.4 is 16.8 Å². The molecule has 0 aliphatic carbocycles. The number of benzene rings is 1. The number of rotatable bonds is 4. The largest absolute Gasteiger partial charge is 0.349 e. The summed E-state index contributed by atoms with van der Waals surface area (Å²) in [6.07, 6.45) is 1.53. The Morgan fingerprint density at radius 2 is 1.86 bits per heavy atom. The molecule has 0 aliphatic heterocycles. The minimum atomic E-state index is -0.891. The summed E-state index contributed by atoms with van der Waals surface area (Å²) < 4.78 is 2.06. The van der Waals surface area contributed by atoms with Gasteiger partial charge in [0.2, 0.25) is 5.69 Å². The number of hydrogen-bond acceptors (Lipinski definition) is 6. The molecule has 0 bridgehead atoms. The highest BCUT2D eigenvalue weighted by Gasteiger charge is 2.15. The molecule has 9 nitrogen and oxygen atoms in total. The minimum absolute atomic E-state index is 0.0226. The smallest absolute Gasteiger partial charge is 0.270 e. The number of H-pyrrole nitrogens is 1. The number of aromatic amines is 1. The topological polar surface area (TPSA) is 126 Å². The molecule has 0 atom stereocenters. The van der Waals surface area contributed by atoms with E-state index in [9.17, 15) is 14.4 Å². The third kappa shape index (κ3) is 3.99. The molecule has 0 saturated carbocycles. The maximum absolute atomic E-state index is 12.6. The summed E-state index contributed by atoms with van der Waals surface area (Å²) in [5.41, 5.74) is -1.30. The van der Waals surface area contributed by atoms with Crippen LogP contribution in [0.1, 0.15) is 36.6 Å². The van der Waals surface area contributed by atoms with E-state index in [-0.39, 0.29) is 33.8 Å². The van der Waals surface area contributed by atoms with E-state index < -0.39 is 16.9 Å². The van der Waals surface area contributed by atoms with Gasteiger partial charge >= 0.3 is 5.69 Å². The number of nitrogens with zero attached hydrogens (tertiary/aromatic N) is 5. The molecule has 29 heavy (non-hydrogen) atoms. The highest BCUT2D eigenvalue weighted by atomic mass is 35.5. The molecule has 3 rings (SSSR count). The molecule has 11 heteroatoms. The molecule has 0 aliphatic rings. The molecule has 0 amide bonds. The second-order valence-electron chi connectivity index (χ2n) is 6.42. The lowest BCUT2D eigenvalue weighted by Crippen LogP contribution is -2.33. The van der Waals surface area contributed by atoms with Crippen LogP contribution in [0.3, 0.4) is 0 Å². The van der Waals surface area contributed by atoms with Crippen LogP contribution >= 0.6 is 23.2 Å². The SMILES string of the molecule is CC(C)c1ccnn(Cc2c(Cl)cc(-n3nc(C#N)c(=O)[nH]c3=O)cc2Cl)c1=O. The van der Waals surface area contributed by atoms with E-state index in [1.54, 1.807) is 12.1 Å². The van der Waals surface area contributed by atoms with Crippen molar-refractivity contribution in [3.05, 3.63) is 82.5 Å². The van der Waals surface area contributed by atoms with Gasteiger partial charge < -0.3 is 0 Å². The maximum atomic E-state index is 12.6. The molecule has 1 N–H and O–H groups in total. The van der Waals surface area contributed by atoms with Gasteiger partial charge in [0.05, 0.1) is 12.2 Å². The lowest BCUT2D eigenvalue weighted by molar-refractivity contribution is 0.621. The molecule has 2 aromatic heterocycles. The third-order valence-corrected chi connectivity index (χ3v) is 4.85. The van der Waals surface area contributed by atoms with Crippen LogP contribution in [0.4, 0.5) is 0 Å². The van der Waals surface area contributed by atoms with Crippen LogP contribution in [0, 0.1) is 11.3 Å². The Kier molecular flexibility index (Phi) is 5.68. The molecule has 2 heterocycles. The quantitative estimate of drug-likeness (QED) is 0.669. The Bertz CT molecular complexity index is 1290. The first-order chi connectivity index (χ1) is 13.7. The van der Waals surface area contributed by atoms with Crippen molar-refractivity contribution in [2.24, 2.45) is 0 Å². The van der Waals surface area contributed by atoms with Crippen LogP contribution in [0.25, 0.3) is 5.69 Å². The van der Waals surface area contributed by atoms with Gasteiger partial charge in [-0.05, 0) is 24.1 Å². The Hall–Kier alpha value is -3.22. The Morgan fingerprint density at radius 1 is 1.21 bits per heavy atom. The third-order valence-electron chi connectivity index (χ3n) is 4.18. The first-order valence-corrected chi connectivity index (χ1v) is 9.16. The van der Waals surface area contributed by atoms with Crippen LogP contribution in [0.15, 0.2) is 38.8 Å². The zero-order chi connectivity index (χ0) is 21.3. The van der Waals surface area contributed by atoms with Crippen molar-refractivity contribution >= 4 is 23.2 Å². The van der Waals surface area contributed by atoms with E-state index in [4.69, 9.17) is 28.5 Å². The molecular weight excluding hydrogens is 419 g/mol. The second kappa shape index (κ2) is 8.03. The molecular formula is C18H14Cl2N6O3. The summed E-state index contributed by atoms with van der Waals surface area (Å²) in [4.78, 5) is 38.1. The van der Waals surface area contributed by atoms with E-state index in [2.05, 4.69) is 10.2 Å². The van der Waals surface area contributed by atoms with E-state index in [0.717, 1.165) is 4.68 Å². The average molecular weight is 433 g/mol. The number of nitrogens with one attached hydrogen (secondary N) is 1. The molecule has 148 valence electrons. The van der Waals surface area contributed by atoms with Gasteiger partial charge in [-0.1, -0.05) is 37.0 Å². The number of aromatic nitrogens is 5. The van der Waals surface area contributed by atoms with Gasteiger partial charge in [0, 0.05) is 27.4 Å². The second-order valence-corrected chi connectivity index (χ2v) is 7.24. The van der Waals surface area contributed by atoms with Crippen LogP contribution in [-0.4, -0.2) is 24.5 Å². The van der Waals surface area contributed by atoms with Crippen molar-refractivity contribution in [3.63, 3.8) is 0 Å². The highest BCUT2D eigenvalue weighted by molar-refractivity contribution is 6.36. The van der Waals surface area contributed by atoms with Crippen LogP contribution in [-0.2, 0) is 6.54 Å². The summed E-state index contributed by atoms with van der Waals surface area (Å²) in [5, 5.41) is 17.1. The summed E-state index contributed by atoms with van der Waals surface area (Å²) in [6.45, 7) is 3.83. The summed E-state index contributed by atoms with van der Waals surface area (Å²) in [5.74, 6) is 0.0255. The number of nitriles is 1. The van der Waals surface area contributed by atoms with Crippen molar-refractivity contribution in [1.29, 1.82) is 5.26 Å². The molecule has 0 unspecified atom stereocenters. The van der Waals surface area contributed by atoms with Crippen LogP contribution in [0.5, 0.6) is 0 Å². The molecule has 3 aromatic rings. The van der Waals surface area contributed by atoms with Crippen molar-refractivity contribution in [2.45, 2.75) is 26.3 Å². The number of hydrogen-bond donors (Lipinski definition) is 1. The minimum Gasteiger partial charge on any atom is -0.270 e. The monoisotopic (exact) mass is 432 g/mol. The fourth-order valence-electron chi connectivity index (χ4n) is 2.68. The van der Waals surface area contributed by atoms with Gasteiger partial charge in [0.15, 0.2) is 0 Å². The average Bonchev–Trinajstić information content (AvgIpc) is 2.65. The molecule has 0 spiro atoms. The van der Waals surface area contributed by atoms with Crippen molar-refractivity contribution in [2.75, 3.05) is 0 Å². The molecule has 0 fully saturated rings. The lowest BCUT2D eigenvalue weighted by atomic mass is 10.1. The van der Waals surface area contributed by atoms with Crippen molar-refractivity contribution < 1.29 is 0 Å². The van der Waals surface area contributed by atoms with Gasteiger partial charge in [-0.15, -0.1) is 5.10 Å². The maximum Gasteiger partial charge on any atom is 0.349 e. The lowest BCUT2D eigenvalue weighted by Gasteiger charge is -2.13. The zero-order valence-corrected chi connectivity index (χ0v) is 16.8. The van der Waals surface area contributed by atoms with Gasteiger partial charge in [-0.25, -0.2) is 9.48 Å². The predicted octanol–water partition coefficient (Wildman–Crippen LogP) is 1.83. The van der Waals surface area contributed by atoms with Gasteiger partial charge in [0.1, 0.15) is 6.07 Å². The van der Waals surface area contributed by atoms with E-state index in [0.29, 0.717) is 11.1 Å². The standard InChI is InChI=1S/C18H14Cl2N6O3/c1-9(2)11-3-4-22-25(17(11)28)8-12-13(19)5-10(6-14(12)20)26-18(29)23-16(27)15(7-21)24-26/h3-6,9H,8H2,1-2H3,(H,23,27,29). The van der Waals surface area contributed by atoms with Crippen LogP contribution in [0.2, 0.25) is 10.0 Å². The van der Waals surface area contributed by atoms with Gasteiger partial charge in [-0.2, -0.15) is 15.0 Å². The normalized spacial score (nSPS) is 10.9. The Morgan fingerprint density at radius 3 is 2.45 bits per heavy atom. The molecule has 0 radical (unpaired) electrons. The summed E-state index contributed by atoms with van der Waals surface area (Å²) >= 11 is 12.7. The van der Waals surface area contributed by atoms with E-state index in [1.807, 2.05) is 18.8 Å². The number of halogens is 2. The molecule has 0 saturated heterocycles. The first kappa shape index (κ1) is 20.5. The van der Waals surface area contributed by atoms with E-state index in [1.165, 1.54) is 23.0 Å². The fourth-order valence-corrected chi connectivity index (χ4v) is 3.27. The van der Waals surface area contributed by atoms with E-state index >= 15 is 0 Å². The highest BCUT2D eigenvalue weighted by Crippen LogP contribution is 2.28. The van der Waals surface area contributed by atoms with Gasteiger partial charge in [0.25, 0.3) is 11.1 Å². The molecule has 1 aromatic carbocycles. The van der Waals surface area contributed by atoms with Crippen molar-refractivity contribution in [3.8, 4) is 11.8 Å².